The van der Waals surface area contributed by atoms with E-state index in [-0.39, 0.29) is 0 Å². The lowest BCUT2D eigenvalue weighted by Gasteiger charge is -2.19. The van der Waals surface area contributed by atoms with Crippen molar-refractivity contribution in [3.63, 3.8) is 0 Å². The topological polar surface area (TPSA) is 70.7 Å². The number of hydrogen-bond acceptors (Lipinski definition) is 5. The Kier molecular flexibility index (Phi) is 7.72. The maximum absolute atomic E-state index is 12.4. The first kappa shape index (κ1) is 29.2. The van der Waals surface area contributed by atoms with Gasteiger partial charge >= 0.3 is 6.16 Å². The van der Waals surface area contributed by atoms with Gasteiger partial charge in [0.25, 0.3) is 0 Å². The minimum atomic E-state index is -0.717. The average Bonchev–Trinajstić information content (AvgIpc) is 3.56. The maximum atomic E-state index is 12.4. The molecule has 0 saturated carbocycles. The molecule has 0 aliphatic carbocycles. The van der Waals surface area contributed by atoms with Crippen LogP contribution in [0.5, 0.6) is 5.75 Å². The molecule has 0 spiro atoms. The quantitative estimate of drug-likeness (QED) is 0.138. The van der Waals surface area contributed by atoms with E-state index in [1.807, 2.05) is 51.2 Å². The van der Waals surface area contributed by atoms with E-state index in [2.05, 4.69) is 78.4 Å². The summed E-state index contributed by atoms with van der Waals surface area (Å²) in [5.41, 5.74) is 9.73. The molecule has 3 aromatic heterocycles. The van der Waals surface area contributed by atoms with Crippen molar-refractivity contribution < 1.29 is 14.3 Å². The Hall–Kier alpha value is -4.91. The normalized spacial score (nSPS) is 11.8. The number of rotatable bonds is 7. The lowest BCUT2D eigenvalue weighted by molar-refractivity contribution is 0.0207. The number of aryl methyl sites for hydroxylation is 3. The number of benzene rings is 3. The van der Waals surface area contributed by atoms with E-state index < -0.39 is 11.8 Å². The fraction of sp³-hybridized carbons (Fsp3) is 0.270. The molecule has 0 bridgehead atoms. The number of imidazole rings is 2. The number of aromatic nitrogens is 4. The van der Waals surface area contributed by atoms with Crippen LogP contribution >= 0.6 is 0 Å². The molecule has 6 aromatic rings. The van der Waals surface area contributed by atoms with E-state index in [0.717, 1.165) is 74.4 Å². The second kappa shape index (κ2) is 11.6. The van der Waals surface area contributed by atoms with Crippen LogP contribution < -0.4 is 4.74 Å². The Labute approximate surface area is 258 Å². The smallest absolute Gasteiger partial charge is 0.428 e. The standard InChI is InChI=1S/C37H38N4O3/c1-7-11-33-39-34-25(3)20-28(30-23-40-19-10-12-24(2)35(40)38-30)21-31(34)41(33)22-26-15-17-27(18-16-26)29-13-8-9-14-32(29)43-36(42)44-37(4,5)6/h8-10,12-21,23H,7,11,22H2,1-6H3. The highest BCUT2D eigenvalue weighted by atomic mass is 16.7. The predicted octanol–water partition coefficient (Wildman–Crippen LogP) is 8.95. The van der Waals surface area contributed by atoms with Crippen LogP contribution in [0.25, 0.3) is 39.1 Å². The lowest BCUT2D eigenvalue weighted by Crippen LogP contribution is -2.26. The Bertz CT molecular complexity index is 1980. The molecule has 0 saturated heterocycles. The summed E-state index contributed by atoms with van der Waals surface area (Å²) in [6.07, 6.45) is 5.32. The number of hydrogen-bond donors (Lipinski definition) is 0. The predicted molar refractivity (Wildman–Crippen MR) is 175 cm³/mol. The largest absolute Gasteiger partial charge is 0.514 e. The molecule has 3 aromatic carbocycles. The van der Waals surface area contributed by atoms with Crippen molar-refractivity contribution in [2.75, 3.05) is 0 Å². The molecule has 0 aliphatic heterocycles. The van der Waals surface area contributed by atoms with Gasteiger partial charge in [0.05, 0.1) is 16.7 Å². The van der Waals surface area contributed by atoms with Gasteiger partial charge in [0.2, 0.25) is 0 Å². The third-order valence-electron chi connectivity index (χ3n) is 7.65. The fourth-order valence-electron chi connectivity index (χ4n) is 5.60. The molecular formula is C37H38N4O3. The second-order valence-electron chi connectivity index (χ2n) is 12.3. The first-order chi connectivity index (χ1) is 21.1. The van der Waals surface area contributed by atoms with Crippen LogP contribution in [0.4, 0.5) is 4.79 Å². The summed E-state index contributed by atoms with van der Waals surface area (Å²) < 4.78 is 15.4. The summed E-state index contributed by atoms with van der Waals surface area (Å²) >= 11 is 0. The van der Waals surface area contributed by atoms with E-state index in [9.17, 15) is 4.79 Å². The molecule has 0 amide bonds. The van der Waals surface area contributed by atoms with Gasteiger partial charge in [-0.3, -0.25) is 0 Å². The van der Waals surface area contributed by atoms with Gasteiger partial charge in [-0.2, -0.15) is 0 Å². The molecule has 0 aliphatic rings. The summed E-state index contributed by atoms with van der Waals surface area (Å²) in [4.78, 5) is 22.4. The molecule has 0 unspecified atom stereocenters. The first-order valence-electron chi connectivity index (χ1n) is 15.1. The Morgan fingerprint density at radius 1 is 0.886 bits per heavy atom. The van der Waals surface area contributed by atoms with E-state index in [0.29, 0.717) is 12.3 Å². The highest BCUT2D eigenvalue weighted by molar-refractivity contribution is 5.85. The van der Waals surface area contributed by atoms with Gasteiger partial charge in [0.15, 0.2) is 0 Å². The minimum absolute atomic E-state index is 0.463. The molecule has 0 radical (unpaired) electrons. The Morgan fingerprint density at radius 3 is 2.39 bits per heavy atom. The number of carbonyl (C=O) groups is 1. The van der Waals surface area contributed by atoms with Gasteiger partial charge < -0.3 is 18.4 Å². The third-order valence-corrected chi connectivity index (χ3v) is 7.65. The van der Waals surface area contributed by atoms with Crippen LogP contribution in [-0.2, 0) is 17.7 Å². The molecule has 7 nitrogen and oxygen atoms in total. The summed E-state index contributed by atoms with van der Waals surface area (Å²) in [7, 11) is 0. The molecule has 6 rings (SSSR count). The first-order valence-corrected chi connectivity index (χ1v) is 15.1. The summed E-state index contributed by atoms with van der Waals surface area (Å²) in [6, 6.07) is 24.5. The molecular weight excluding hydrogens is 548 g/mol. The monoisotopic (exact) mass is 586 g/mol. The zero-order valence-corrected chi connectivity index (χ0v) is 26.2. The molecule has 3 heterocycles. The highest BCUT2D eigenvalue weighted by Crippen LogP contribution is 2.32. The molecule has 224 valence electrons. The van der Waals surface area contributed by atoms with Crippen molar-refractivity contribution in [3.05, 3.63) is 108 Å². The van der Waals surface area contributed by atoms with Gasteiger partial charge in [-0.25, -0.2) is 14.8 Å². The SMILES string of the molecule is CCCc1nc2c(C)cc(-c3cn4cccc(C)c4n3)cc2n1Cc1ccc(-c2ccccc2OC(=O)OC(C)(C)C)cc1. The number of carbonyl (C=O) groups excluding carboxylic acids is 1. The van der Waals surface area contributed by atoms with Crippen LogP contribution in [0.1, 0.15) is 56.6 Å². The van der Waals surface area contributed by atoms with Crippen LogP contribution in [0.15, 0.2) is 85.2 Å². The van der Waals surface area contributed by atoms with E-state index in [1.54, 1.807) is 6.07 Å². The zero-order chi connectivity index (χ0) is 31.0. The number of fused-ring (bicyclic) bond motifs is 2. The molecule has 7 heteroatoms. The number of pyridine rings is 1. The number of ether oxygens (including phenoxy) is 2. The van der Waals surface area contributed by atoms with Gasteiger partial charge in [0, 0.05) is 36.5 Å². The van der Waals surface area contributed by atoms with Crippen LogP contribution in [0.2, 0.25) is 0 Å². The van der Waals surface area contributed by atoms with E-state index in [1.165, 1.54) is 0 Å². The number of nitrogens with zero attached hydrogens (tertiary/aromatic N) is 4. The molecule has 0 fully saturated rings. The molecule has 44 heavy (non-hydrogen) atoms. The van der Waals surface area contributed by atoms with Gasteiger partial charge in [0.1, 0.15) is 22.8 Å². The summed E-state index contributed by atoms with van der Waals surface area (Å²) in [5, 5.41) is 0. The van der Waals surface area contributed by atoms with Crippen LogP contribution in [-0.4, -0.2) is 30.7 Å². The molecule has 0 N–H and O–H groups in total. The van der Waals surface area contributed by atoms with Crippen molar-refractivity contribution in [3.8, 4) is 28.1 Å². The summed E-state index contributed by atoms with van der Waals surface area (Å²) in [6.45, 7) is 12.5. The Balaban J connectivity index is 1.33. The van der Waals surface area contributed by atoms with Gasteiger partial charge in [-0.05, 0) is 87.6 Å². The van der Waals surface area contributed by atoms with Crippen molar-refractivity contribution in [1.29, 1.82) is 0 Å². The second-order valence-corrected chi connectivity index (χ2v) is 12.3. The minimum Gasteiger partial charge on any atom is -0.428 e. The molecule has 0 atom stereocenters. The summed E-state index contributed by atoms with van der Waals surface area (Å²) in [5.74, 6) is 1.54. The fourth-order valence-corrected chi connectivity index (χ4v) is 5.60. The maximum Gasteiger partial charge on any atom is 0.514 e. The Morgan fingerprint density at radius 2 is 1.66 bits per heavy atom. The van der Waals surface area contributed by atoms with Gasteiger partial charge in [-0.1, -0.05) is 55.5 Å². The van der Waals surface area contributed by atoms with Crippen molar-refractivity contribution in [1.82, 2.24) is 18.9 Å². The zero-order valence-electron chi connectivity index (χ0n) is 26.2. The van der Waals surface area contributed by atoms with E-state index in [4.69, 9.17) is 19.4 Å². The van der Waals surface area contributed by atoms with Crippen molar-refractivity contribution >= 4 is 22.8 Å². The van der Waals surface area contributed by atoms with Crippen molar-refractivity contribution in [2.45, 2.75) is 66.5 Å². The van der Waals surface area contributed by atoms with Gasteiger partial charge in [-0.15, -0.1) is 0 Å². The van der Waals surface area contributed by atoms with Crippen LogP contribution in [0.3, 0.4) is 0 Å². The van der Waals surface area contributed by atoms with Crippen LogP contribution in [0, 0.1) is 13.8 Å². The highest BCUT2D eigenvalue weighted by Gasteiger charge is 2.20. The van der Waals surface area contributed by atoms with E-state index >= 15 is 0 Å². The lowest BCUT2D eigenvalue weighted by atomic mass is 10.0. The number of para-hydroxylation sites is 1. The third kappa shape index (κ3) is 5.95. The van der Waals surface area contributed by atoms with Crippen molar-refractivity contribution in [2.24, 2.45) is 0 Å². The average molecular weight is 587 g/mol.